The van der Waals surface area contributed by atoms with Gasteiger partial charge in [-0.15, -0.1) is 12.4 Å². The van der Waals surface area contributed by atoms with Gasteiger partial charge in [0.1, 0.15) is 6.04 Å². The van der Waals surface area contributed by atoms with E-state index in [1.807, 2.05) is 31.3 Å². The molecule has 1 aromatic carbocycles. The van der Waals surface area contributed by atoms with Gasteiger partial charge in [0.25, 0.3) is 0 Å². The lowest BCUT2D eigenvalue weighted by Gasteiger charge is -2.27. The predicted molar refractivity (Wildman–Crippen MR) is 80.5 cm³/mol. The van der Waals surface area contributed by atoms with Crippen molar-refractivity contribution in [2.24, 2.45) is 0 Å². The van der Waals surface area contributed by atoms with Crippen molar-refractivity contribution in [2.45, 2.75) is 12.6 Å². The minimum Gasteiger partial charge on any atom is -0.378 e. The maximum absolute atomic E-state index is 12.1. The molecule has 1 aliphatic heterocycles. The van der Waals surface area contributed by atoms with Gasteiger partial charge < -0.3 is 15.0 Å². The van der Waals surface area contributed by atoms with Crippen molar-refractivity contribution in [2.75, 3.05) is 26.8 Å². The number of hydrogen-bond acceptors (Lipinski definition) is 3. The first kappa shape index (κ1) is 16.4. The van der Waals surface area contributed by atoms with Gasteiger partial charge in [-0.05, 0) is 17.7 Å². The van der Waals surface area contributed by atoms with Crippen LogP contribution in [-0.2, 0) is 16.1 Å². The molecule has 106 valence electrons. The van der Waals surface area contributed by atoms with Crippen LogP contribution in [0.3, 0.4) is 0 Å². The molecule has 0 saturated carbocycles. The molecule has 0 spiro atoms. The standard InChI is InChI=1S/C13H17BrN2O2.ClH/c1-16(8-10-2-4-11(14)5-3-10)13(17)12-9-18-7-6-15-12;/h2-5,12,15H,6-9H2,1H3;1H. The van der Waals surface area contributed by atoms with Gasteiger partial charge in [-0.2, -0.15) is 0 Å². The molecule has 1 heterocycles. The average Bonchev–Trinajstić information content (AvgIpc) is 2.41. The Hall–Kier alpha value is -0.620. The van der Waals surface area contributed by atoms with E-state index < -0.39 is 0 Å². The number of carbonyl (C=O) groups excluding carboxylic acids is 1. The molecule has 1 aliphatic rings. The quantitative estimate of drug-likeness (QED) is 0.905. The lowest BCUT2D eigenvalue weighted by Crippen LogP contribution is -2.51. The molecule has 1 atom stereocenters. The normalized spacial score (nSPS) is 18.5. The summed E-state index contributed by atoms with van der Waals surface area (Å²) in [6.45, 7) is 2.50. The van der Waals surface area contributed by atoms with Crippen molar-refractivity contribution < 1.29 is 9.53 Å². The Labute approximate surface area is 128 Å². The van der Waals surface area contributed by atoms with Crippen molar-refractivity contribution in [1.29, 1.82) is 0 Å². The van der Waals surface area contributed by atoms with Gasteiger partial charge in [-0.1, -0.05) is 28.1 Å². The van der Waals surface area contributed by atoms with E-state index in [1.54, 1.807) is 4.90 Å². The Morgan fingerprint density at radius 2 is 2.16 bits per heavy atom. The van der Waals surface area contributed by atoms with Crippen LogP contribution in [0, 0.1) is 0 Å². The number of ether oxygens (including phenoxy) is 1. The summed E-state index contributed by atoms with van der Waals surface area (Å²) in [5.41, 5.74) is 1.12. The third-order valence-corrected chi connectivity index (χ3v) is 3.46. The molecule has 0 radical (unpaired) electrons. The molecule has 1 amide bonds. The molecule has 1 aromatic rings. The van der Waals surface area contributed by atoms with Crippen LogP contribution in [0.5, 0.6) is 0 Å². The summed E-state index contributed by atoms with van der Waals surface area (Å²) < 4.78 is 6.35. The van der Waals surface area contributed by atoms with E-state index >= 15 is 0 Å². The molecule has 4 nitrogen and oxygen atoms in total. The monoisotopic (exact) mass is 348 g/mol. The number of benzene rings is 1. The molecule has 0 bridgehead atoms. The van der Waals surface area contributed by atoms with Gasteiger partial charge in [0.05, 0.1) is 13.2 Å². The largest absolute Gasteiger partial charge is 0.378 e. The molecule has 6 heteroatoms. The molecule has 0 aromatic heterocycles. The highest BCUT2D eigenvalue weighted by atomic mass is 79.9. The summed E-state index contributed by atoms with van der Waals surface area (Å²) in [7, 11) is 1.82. The Kier molecular flexibility index (Phi) is 6.79. The van der Waals surface area contributed by atoms with Gasteiger partial charge in [0.15, 0.2) is 0 Å². The van der Waals surface area contributed by atoms with Gasteiger partial charge in [-0.3, -0.25) is 4.79 Å². The van der Waals surface area contributed by atoms with E-state index in [-0.39, 0.29) is 24.4 Å². The van der Waals surface area contributed by atoms with E-state index in [9.17, 15) is 4.79 Å². The zero-order valence-electron chi connectivity index (χ0n) is 10.8. The molecule has 1 fully saturated rings. The first-order chi connectivity index (χ1) is 8.66. The highest BCUT2D eigenvalue weighted by Crippen LogP contribution is 2.12. The third kappa shape index (κ3) is 4.76. The molecule has 1 saturated heterocycles. The smallest absolute Gasteiger partial charge is 0.242 e. The highest BCUT2D eigenvalue weighted by Gasteiger charge is 2.24. The summed E-state index contributed by atoms with van der Waals surface area (Å²) in [5, 5.41) is 3.17. The Balaban J connectivity index is 0.00000180. The number of likely N-dealkylation sites (N-methyl/N-ethyl adjacent to an activating group) is 1. The van der Waals surface area contributed by atoms with Crippen LogP contribution in [0.15, 0.2) is 28.7 Å². The van der Waals surface area contributed by atoms with Crippen LogP contribution in [0.1, 0.15) is 5.56 Å². The van der Waals surface area contributed by atoms with Crippen molar-refractivity contribution in [3.05, 3.63) is 34.3 Å². The van der Waals surface area contributed by atoms with Crippen molar-refractivity contribution in [3.8, 4) is 0 Å². The molecule has 2 rings (SSSR count). The number of halogens is 2. The van der Waals surface area contributed by atoms with Crippen molar-refractivity contribution in [1.82, 2.24) is 10.2 Å². The van der Waals surface area contributed by atoms with Gasteiger partial charge >= 0.3 is 0 Å². The van der Waals surface area contributed by atoms with E-state index in [4.69, 9.17) is 4.74 Å². The number of carbonyl (C=O) groups is 1. The number of rotatable bonds is 3. The average molecular weight is 350 g/mol. The van der Waals surface area contributed by atoms with Crippen molar-refractivity contribution >= 4 is 34.2 Å². The van der Waals surface area contributed by atoms with Crippen LogP contribution in [0.2, 0.25) is 0 Å². The van der Waals surface area contributed by atoms with E-state index in [0.717, 1.165) is 16.6 Å². The first-order valence-electron chi connectivity index (χ1n) is 5.97. The number of nitrogens with zero attached hydrogens (tertiary/aromatic N) is 1. The maximum atomic E-state index is 12.1. The molecular formula is C13H18BrClN2O2. The molecule has 19 heavy (non-hydrogen) atoms. The lowest BCUT2D eigenvalue weighted by atomic mass is 10.2. The van der Waals surface area contributed by atoms with Crippen LogP contribution < -0.4 is 5.32 Å². The highest BCUT2D eigenvalue weighted by molar-refractivity contribution is 9.10. The van der Waals surface area contributed by atoms with Crippen LogP contribution in [0.25, 0.3) is 0 Å². The van der Waals surface area contributed by atoms with E-state index in [2.05, 4.69) is 21.2 Å². The molecule has 0 aliphatic carbocycles. The van der Waals surface area contributed by atoms with Gasteiger partial charge in [0, 0.05) is 24.6 Å². The summed E-state index contributed by atoms with van der Waals surface area (Å²) in [4.78, 5) is 13.9. The fourth-order valence-corrected chi connectivity index (χ4v) is 2.20. The number of nitrogens with one attached hydrogen (secondary N) is 1. The Bertz CT molecular complexity index is 408. The van der Waals surface area contributed by atoms with Gasteiger partial charge in [0.2, 0.25) is 5.91 Å². The lowest BCUT2D eigenvalue weighted by molar-refractivity contribution is -0.135. The first-order valence-corrected chi connectivity index (χ1v) is 6.76. The summed E-state index contributed by atoms with van der Waals surface area (Å²) in [6, 6.07) is 7.78. The number of morpholine rings is 1. The second kappa shape index (κ2) is 7.85. The van der Waals surface area contributed by atoms with Crippen LogP contribution in [0.4, 0.5) is 0 Å². The zero-order chi connectivity index (χ0) is 13.0. The second-order valence-corrected chi connectivity index (χ2v) is 5.32. The summed E-state index contributed by atoms with van der Waals surface area (Å²) in [6.07, 6.45) is 0. The fraction of sp³-hybridized carbons (Fsp3) is 0.462. The zero-order valence-corrected chi connectivity index (χ0v) is 13.2. The third-order valence-electron chi connectivity index (χ3n) is 2.93. The SMILES string of the molecule is CN(Cc1ccc(Br)cc1)C(=O)C1COCCN1.Cl. The summed E-state index contributed by atoms with van der Waals surface area (Å²) >= 11 is 3.40. The van der Waals surface area contributed by atoms with Crippen molar-refractivity contribution in [3.63, 3.8) is 0 Å². The molecule has 1 N–H and O–H groups in total. The minimum absolute atomic E-state index is 0. The van der Waals surface area contributed by atoms with E-state index in [1.165, 1.54) is 0 Å². The maximum Gasteiger partial charge on any atom is 0.242 e. The van der Waals surface area contributed by atoms with Crippen LogP contribution >= 0.6 is 28.3 Å². The van der Waals surface area contributed by atoms with E-state index in [0.29, 0.717) is 19.8 Å². The molecular weight excluding hydrogens is 332 g/mol. The van der Waals surface area contributed by atoms with Crippen LogP contribution in [-0.4, -0.2) is 43.7 Å². The molecule has 1 unspecified atom stereocenters. The Morgan fingerprint density at radius 3 is 2.74 bits per heavy atom. The number of hydrogen-bond donors (Lipinski definition) is 1. The second-order valence-electron chi connectivity index (χ2n) is 4.40. The predicted octanol–water partition coefficient (Wildman–Crippen LogP) is 1.82. The number of amides is 1. The topological polar surface area (TPSA) is 41.6 Å². The van der Waals surface area contributed by atoms with Gasteiger partial charge in [-0.25, -0.2) is 0 Å². The minimum atomic E-state index is -0.209. The summed E-state index contributed by atoms with van der Waals surface area (Å²) in [5.74, 6) is 0.0811. The fourth-order valence-electron chi connectivity index (χ4n) is 1.93. The Morgan fingerprint density at radius 1 is 1.47 bits per heavy atom.